The maximum absolute atomic E-state index is 13.7. The highest BCUT2D eigenvalue weighted by Crippen LogP contribution is 2.38. The summed E-state index contributed by atoms with van der Waals surface area (Å²) in [6.07, 6.45) is 0. The van der Waals surface area contributed by atoms with E-state index in [4.69, 9.17) is 23.8 Å². The van der Waals surface area contributed by atoms with Crippen molar-refractivity contribution in [3.8, 4) is 0 Å². The first-order valence-electron chi connectivity index (χ1n) is 11.2. The number of thiocarbonyl (C=S) groups is 1. The number of amides is 2. The number of fused-ring (bicyclic) bond motifs is 2. The molecule has 1 aliphatic heterocycles. The zero-order valence-corrected chi connectivity index (χ0v) is 20.8. The molecular formula is C27H23ClN4O2S. The van der Waals surface area contributed by atoms with Crippen molar-refractivity contribution in [3.63, 3.8) is 0 Å². The molecule has 2 amide bonds. The molecule has 4 aromatic carbocycles. The predicted molar refractivity (Wildman–Crippen MR) is 147 cm³/mol. The van der Waals surface area contributed by atoms with E-state index in [9.17, 15) is 9.59 Å². The van der Waals surface area contributed by atoms with Crippen LogP contribution >= 0.6 is 23.8 Å². The number of halogens is 1. The number of hydrogen-bond acceptors (Lipinski definition) is 4. The zero-order chi connectivity index (χ0) is 24.7. The van der Waals surface area contributed by atoms with Gasteiger partial charge in [0.2, 0.25) is 0 Å². The van der Waals surface area contributed by atoms with Crippen molar-refractivity contribution >= 4 is 73.7 Å². The molecule has 2 N–H and O–H groups in total. The highest BCUT2D eigenvalue weighted by atomic mass is 35.5. The smallest absolute Gasteiger partial charge is 0.262 e. The van der Waals surface area contributed by atoms with Gasteiger partial charge in [-0.05, 0) is 79.6 Å². The Morgan fingerprint density at radius 1 is 0.943 bits per heavy atom. The number of imide groups is 1. The van der Waals surface area contributed by atoms with Gasteiger partial charge in [-0.3, -0.25) is 14.5 Å². The summed E-state index contributed by atoms with van der Waals surface area (Å²) in [6, 6.07) is 20.6. The number of benzene rings is 4. The third-order valence-electron chi connectivity index (χ3n) is 6.08. The van der Waals surface area contributed by atoms with E-state index in [-0.39, 0.29) is 11.8 Å². The topological polar surface area (TPSA) is 64.7 Å². The summed E-state index contributed by atoms with van der Waals surface area (Å²) in [7, 11) is 3.84. The normalized spacial score (nSPS) is 13.1. The Bertz CT molecular complexity index is 1500. The minimum absolute atomic E-state index is 0.253. The van der Waals surface area contributed by atoms with Gasteiger partial charge in [0.15, 0.2) is 5.11 Å². The lowest BCUT2D eigenvalue weighted by Gasteiger charge is -2.29. The molecule has 0 aliphatic carbocycles. The fourth-order valence-corrected chi connectivity index (χ4v) is 4.76. The van der Waals surface area contributed by atoms with Gasteiger partial charge in [0.1, 0.15) is 0 Å². The minimum atomic E-state index is -0.273. The van der Waals surface area contributed by atoms with E-state index >= 15 is 0 Å². The second-order valence-electron chi connectivity index (χ2n) is 8.71. The number of nitrogens with zero attached hydrogens (tertiary/aromatic N) is 2. The molecule has 1 heterocycles. The van der Waals surface area contributed by atoms with Crippen LogP contribution in [0.2, 0.25) is 5.02 Å². The van der Waals surface area contributed by atoms with Crippen LogP contribution in [0.15, 0.2) is 66.7 Å². The van der Waals surface area contributed by atoms with Crippen molar-refractivity contribution in [1.82, 2.24) is 9.80 Å². The van der Waals surface area contributed by atoms with E-state index in [1.165, 1.54) is 4.90 Å². The van der Waals surface area contributed by atoms with E-state index in [2.05, 4.69) is 10.6 Å². The third kappa shape index (κ3) is 4.34. The van der Waals surface area contributed by atoms with Gasteiger partial charge < -0.3 is 15.5 Å². The second kappa shape index (κ2) is 9.26. The predicted octanol–water partition coefficient (Wildman–Crippen LogP) is 5.61. The molecule has 176 valence electrons. The van der Waals surface area contributed by atoms with Crippen LogP contribution in [0, 0.1) is 0 Å². The lowest BCUT2D eigenvalue weighted by atomic mass is 9.89. The SMILES string of the molecule is CN(C)CCN1C(=O)c2cccc3cc4c(NC(=S)Nc5ccc(Cl)cc5)cccc4c(c23)C1=O. The standard InChI is InChI=1S/C27H23ClN4O2S/c1-31(2)13-14-32-25(33)20-7-3-5-16-15-21-19(24(23(16)20)26(32)34)6-4-8-22(21)30-27(35)29-18-11-9-17(28)10-12-18/h3-12,15H,13-14H2,1-2H3,(H2,29,30,35). The lowest BCUT2D eigenvalue weighted by molar-refractivity contribution is 0.0602. The zero-order valence-electron chi connectivity index (χ0n) is 19.3. The summed E-state index contributed by atoms with van der Waals surface area (Å²) < 4.78 is 0. The average molecular weight is 503 g/mol. The van der Waals surface area contributed by atoms with E-state index in [0.29, 0.717) is 39.7 Å². The number of carbonyl (C=O) groups is 2. The highest BCUT2D eigenvalue weighted by molar-refractivity contribution is 7.80. The first kappa shape index (κ1) is 23.2. The van der Waals surface area contributed by atoms with Crippen LogP contribution in [0.5, 0.6) is 0 Å². The summed E-state index contributed by atoms with van der Waals surface area (Å²) in [5, 5.41) is 10.6. The molecule has 0 aromatic heterocycles. The van der Waals surface area contributed by atoms with E-state index in [1.807, 2.05) is 67.5 Å². The Balaban J connectivity index is 1.59. The summed E-state index contributed by atoms with van der Waals surface area (Å²) in [4.78, 5) is 30.2. The van der Waals surface area contributed by atoms with Crippen molar-refractivity contribution in [3.05, 3.63) is 82.9 Å². The van der Waals surface area contributed by atoms with E-state index < -0.39 is 0 Å². The molecule has 0 unspecified atom stereocenters. The van der Waals surface area contributed by atoms with Gasteiger partial charge in [0, 0.05) is 45.8 Å². The fourth-order valence-electron chi connectivity index (χ4n) is 4.40. The Kier molecular flexibility index (Phi) is 6.15. The number of hydrogen-bond donors (Lipinski definition) is 2. The van der Waals surface area contributed by atoms with Crippen LogP contribution in [0.25, 0.3) is 21.5 Å². The lowest BCUT2D eigenvalue weighted by Crippen LogP contribution is -2.43. The Morgan fingerprint density at radius 2 is 1.69 bits per heavy atom. The van der Waals surface area contributed by atoms with Crippen molar-refractivity contribution in [1.29, 1.82) is 0 Å². The molecule has 0 saturated heterocycles. The van der Waals surface area contributed by atoms with Crippen molar-refractivity contribution in [2.45, 2.75) is 0 Å². The number of likely N-dealkylation sites (N-methyl/N-ethyl adjacent to an activating group) is 1. The molecule has 0 spiro atoms. The molecule has 1 aliphatic rings. The van der Waals surface area contributed by atoms with Gasteiger partial charge >= 0.3 is 0 Å². The Morgan fingerprint density at radius 3 is 2.43 bits per heavy atom. The molecule has 6 nitrogen and oxygen atoms in total. The highest BCUT2D eigenvalue weighted by Gasteiger charge is 2.34. The maximum Gasteiger partial charge on any atom is 0.262 e. The van der Waals surface area contributed by atoms with Crippen LogP contribution in [0.3, 0.4) is 0 Å². The average Bonchev–Trinajstić information content (AvgIpc) is 2.83. The fraction of sp³-hybridized carbons (Fsp3) is 0.148. The number of anilines is 2. The third-order valence-corrected chi connectivity index (χ3v) is 6.53. The van der Waals surface area contributed by atoms with Gasteiger partial charge in [-0.15, -0.1) is 0 Å². The molecule has 0 bridgehead atoms. The maximum atomic E-state index is 13.7. The molecular weight excluding hydrogens is 480 g/mol. The molecule has 0 radical (unpaired) electrons. The van der Waals surface area contributed by atoms with Crippen LogP contribution in [-0.2, 0) is 0 Å². The Labute approximate surface area is 213 Å². The van der Waals surface area contributed by atoms with Crippen LogP contribution in [-0.4, -0.2) is 53.9 Å². The monoisotopic (exact) mass is 502 g/mol. The van der Waals surface area contributed by atoms with Crippen LogP contribution < -0.4 is 10.6 Å². The van der Waals surface area contributed by atoms with Gasteiger partial charge in [0.05, 0.1) is 5.56 Å². The van der Waals surface area contributed by atoms with Crippen LogP contribution in [0.4, 0.5) is 11.4 Å². The van der Waals surface area contributed by atoms with Gasteiger partial charge in [-0.1, -0.05) is 35.9 Å². The number of rotatable bonds is 5. The molecule has 4 aromatic rings. The molecule has 35 heavy (non-hydrogen) atoms. The number of carbonyl (C=O) groups excluding carboxylic acids is 2. The molecule has 5 rings (SSSR count). The Hall–Kier alpha value is -3.52. The van der Waals surface area contributed by atoms with E-state index in [0.717, 1.165) is 27.5 Å². The van der Waals surface area contributed by atoms with Crippen molar-refractivity contribution < 1.29 is 9.59 Å². The van der Waals surface area contributed by atoms with Gasteiger partial charge in [-0.2, -0.15) is 0 Å². The second-order valence-corrected chi connectivity index (χ2v) is 9.55. The largest absolute Gasteiger partial charge is 0.332 e. The summed E-state index contributed by atoms with van der Waals surface area (Å²) in [5.41, 5.74) is 2.67. The number of nitrogens with one attached hydrogen (secondary N) is 2. The quantitative estimate of drug-likeness (QED) is 0.210. The van der Waals surface area contributed by atoms with E-state index in [1.54, 1.807) is 18.2 Å². The minimum Gasteiger partial charge on any atom is -0.332 e. The van der Waals surface area contributed by atoms with Crippen molar-refractivity contribution in [2.75, 3.05) is 37.8 Å². The van der Waals surface area contributed by atoms with Crippen LogP contribution in [0.1, 0.15) is 20.7 Å². The van der Waals surface area contributed by atoms with Gasteiger partial charge in [-0.25, -0.2) is 0 Å². The first-order valence-corrected chi connectivity index (χ1v) is 11.9. The van der Waals surface area contributed by atoms with Gasteiger partial charge in [0.25, 0.3) is 11.8 Å². The molecule has 0 saturated carbocycles. The summed E-state index contributed by atoms with van der Waals surface area (Å²) >= 11 is 11.5. The molecule has 8 heteroatoms. The summed E-state index contributed by atoms with van der Waals surface area (Å²) in [5.74, 6) is -0.526. The summed E-state index contributed by atoms with van der Waals surface area (Å²) in [6.45, 7) is 0.912. The molecule has 0 fully saturated rings. The first-order chi connectivity index (χ1) is 16.8. The van der Waals surface area contributed by atoms with Crippen molar-refractivity contribution in [2.24, 2.45) is 0 Å². The molecule has 0 atom stereocenters.